The highest BCUT2D eigenvalue weighted by molar-refractivity contribution is 5.78. The Morgan fingerprint density at radius 1 is 0.950 bits per heavy atom. The highest BCUT2D eigenvalue weighted by atomic mass is 16.5. The fourth-order valence-electron chi connectivity index (χ4n) is 2.32. The van der Waals surface area contributed by atoms with Crippen LogP contribution in [-0.2, 0) is 9.53 Å². The molecule has 0 bridgehead atoms. The lowest BCUT2D eigenvalue weighted by atomic mass is 9.94. The molecule has 0 saturated heterocycles. The lowest BCUT2D eigenvalue weighted by Gasteiger charge is -2.14. The van der Waals surface area contributed by atoms with Gasteiger partial charge in [0, 0.05) is 0 Å². The Morgan fingerprint density at radius 2 is 1.55 bits per heavy atom. The summed E-state index contributed by atoms with van der Waals surface area (Å²) >= 11 is 0. The molecule has 104 valence electrons. The van der Waals surface area contributed by atoms with Crippen molar-refractivity contribution in [2.75, 3.05) is 6.61 Å². The van der Waals surface area contributed by atoms with Gasteiger partial charge >= 0.3 is 5.97 Å². The Morgan fingerprint density at radius 3 is 2.10 bits per heavy atom. The van der Waals surface area contributed by atoms with E-state index in [1.54, 1.807) is 0 Å². The van der Waals surface area contributed by atoms with Crippen LogP contribution in [0.4, 0.5) is 0 Å². The minimum atomic E-state index is -0.167. The minimum absolute atomic E-state index is 0.137. The van der Waals surface area contributed by atoms with Crippen LogP contribution in [0.1, 0.15) is 31.7 Å². The van der Waals surface area contributed by atoms with Gasteiger partial charge in [-0.05, 0) is 30.0 Å². The van der Waals surface area contributed by atoms with Crippen molar-refractivity contribution in [3.05, 3.63) is 60.2 Å². The smallest absolute Gasteiger partial charge is 0.313 e. The van der Waals surface area contributed by atoms with E-state index >= 15 is 0 Å². The molecule has 0 N–H and O–H groups in total. The van der Waals surface area contributed by atoms with E-state index in [0.29, 0.717) is 6.61 Å². The number of esters is 1. The fraction of sp³-hybridized carbons (Fsp3) is 0.278. The van der Waals surface area contributed by atoms with E-state index in [-0.39, 0.29) is 11.9 Å². The van der Waals surface area contributed by atoms with Crippen LogP contribution in [0.25, 0.3) is 11.1 Å². The highest BCUT2D eigenvalue weighted by Gasteiger charge is 2.19. The first kappa shape index (κ1) is 14.3. The van der Waals surface area contributed by atoms with Gasteiger partial charge in [0.2, 0.25) is 0 Å². The maximum absolute atomic E-state index is 11.9. The first-order chi connectivity index (χ1) is 9.76. The quantitative estimate of drug-likeness (QED) is 0.751. The lowest BCUT2D eigenvalue weighted by Crippen LogP contribution is -2.15. The maximum Gasteiger partial charge on any atom is 0.313 e. The highest BCUT2D eigenvalue weighted by Crippen LogP contribution is 2.25. The summed E-state index contributed by atoms with van der Waals surface area (Å²) in [4.78, 5) is 11.9. The van der Waals surface area contributed by atoms with Gasteiger partial charge < -0.3 is 4.74 Å². The zero-order valence-corrected chi connectivity index (χ0v) is 12.0. The average molecular weight is 268 g/mol. The number of hydrogen-bond donors (Lipinski definition) is 0. The number of ether oxygens (including phenoxy) is 1. The Labute approximate surface area is 120 Å². The molecule has 0 aromatic heterocycles. The van der Waals surface area contributed by atoms with E-state index in [2.05, 4.69) is 24.3 Å². The molecule has 0 spiro atoms. The van der Waals surface area contributed by atoms with Gasteiger partial charge in [-0.2, -0.15) is 0 Å². The van der Waals surface area contributed by atoms with Gasteiger partial charge in [0.25, 0.3) is 0 Å². The molecular weight excluding hydrogens is 248 g/mol. The van der Waals surface area contributed by atoms with Gasteiger partial charge in [0.1, 0.15) is 0 Å². The molecule has 1 atom stereocenters. The molecule has 0 radical (unpaired) electrons. The number of carbonyl (C=O) groups excluding carboxylic acids is 1. The van der Waals surface area contributed by atoms with Crippen molar-refractivity contribution in [1.82, 2.24) is 0 Å². The zero-order valence-electron chi connectivity index (χ0n) is 12.0. The average Bonchev–Trinajstić information content (AvgIpc) is 2.50. The zero-order chi connectivity index (χ0) is 14.4. The Balaban J connectivity index is 2.21. The van der Waals surface area contributed by atoms with Gasteiger partial charge in [0.05, 0.1) is 12.5 Å². The predicted molar refractivity (Wildman–Crippen MR) is 81.5 cm³/mol. The molecule has 0 heterocycles. The molecule has 2 heteroatoms. The Kier molecular flexibility index (Phi) is 4.94. The third-order valence-electron chi connectivity index (χ3n) is 3.40. The molecular formula is C18H20O2. The van der Waals surface area contributed by atoms with Crippen LogP contribution >= 0.6 is 0 Å². The van der Waals surface area contributed by atoms with Crippen molar-refractivity contribution in [3.8, 4) is 11.1 Å². The number of hydrogen-bond acceptors (Lipinski definition) is 2. The minimum Gasteiger partial charge on any atom is -0.466 e. The third-order valence-corrected chi connectivity index (χ3v) is 3.40. The molecule has 20 heavy (non-hydrogen) atoms. The molecule has 0 aliphatic heterocycles. The third kappa shape index (κ3) is 3.27. The van der Waals surface area contributed by atoms with Crippen molar-refractivity contribution >= 4 is 5.97 Å². The van der Waals surface area contributed by atoms with E-state index in [1.807, 2.05) is 44.2 Å². The molecule has 0 saturated carbocycles. The Hall–Kier alpha value is -2.09. The molecule has 2 rings (SSSR count). The maximum atomic E-state index is 11.9. The molecule has 2 aromatic carbocycles. The summed E-state index contributed by atoms with van der Waals surface area (Å²) in [5.74, 6) is -0.303. The standard InChI is InChI=1S/C18H20O2/c1-3-17(18(19)20-4-2)16-12-10-15(11-13-16)14-8-6-5-7-9-14/h5-13,17H,3-4H2,1-2H3. The van der Waals surface area contributed by atoms with Crippen LogP contribution < -0.4 is 0 Å². The first-order valence-corrected chi connectivity index (χ1v) is 7.08. The van der Waals surface area contributed by atoms with Gasteiger partial charge in [0.15, 0.2) is 0 Å². The van der Waals surface area contributed by atoms with Gasteiger partial charge in [-0.15, -0.1) is 0 Å². The van der Waals surface area contributed by atoms with Gasteiger partial charge in [-0.1, -0.05) is 61.5 Å². The summed E-state index contributed by atoms with van der Waals surface area (Å²) in [5, 5.41) is 0. The fourth-order valence-corrected chi connectivity index (χ4v) is 2.32. The van der Waals surface area contributed by atoms with E-state index in [4.69, 9.17) is 4.74 Å². The SMILES string of the molecule is CCOC(=O)C(CC)c1ccc(-c2ccccc2)cc1. The van der Waals surface area contributed by atoms with Gasteiger partial charge in [-0.3, -0.25) is 4.79 Å². The number of benzene rings is 2. The summed E-state index contributed by atoms with van der Waals surface area (Å²) in [7, 11) is 0. The molecule has 2 aromatic rings. The van der Waals surface area contributed by atoms with Crippen molar-refractivity contribution in [3.63, 3.8) is 0 Å². The lowest BCUT2D eigenvalue weighted by molar-refractivity contribution is -0.145. The van der Waals surface area contributed by atoms with Crippen molar-refractivity contribution < 1.29 is 9.53 Å². The van der Waals surface area contributed by atoms with Gasteiger partial charge in [-0.25, -0.2) is 0 Å². The van der Waals surface area contributed by atoms with Crippen LogP contribution in [0.15, 0.2) is 54.6 Å². The van der Waals surface area contributed by atoms with Crippen LogP contribution in [-0.4, -0.2) is 12.6 Å². The van der Waals surface area contributed by atoms with Crippen LogP contribution in [0.2, 0.25) is 0 Å². The normalized spacial score (nSPS) is 11.9. The predicted octanol–water partition coefficient (Wildman–Crippen LogP) is 4.41. The molecule has 2 nitrogen and oxygen atoms in total. The molecule has 0 fully saturated rings. The van der Waals surface area contributed by atoms with Crippen molar-refractivity contribution in [2.45, 2.75) is 26.2 Å². The summed E-state index contributed by atoms with van der Waals surface area (Å²) in [6, 6.07) is 18.4. The largest absolute Gasteiger partial charge is 0.466 e. The van der Waals surface area contributed by atoms with E-state index in [0.717, 1.165) is 17.5 Å². The van der Waals surface area contributed by atoms with Crippen LogP contribution in [0, 0.1) is 0 Å². The second kappa shape index (κ2) is 6.90. The second-order valence-corrected chi connectivity index (χ2v) is 4.70. The monoisotopic (exact) mass is 268 g/mol. The second-order valence-electron chi connectivity index (χ2n) is 4.70. The van der Waals surface area contributed by atoms with E-state index in [1.165, 1.54) is 5.56 Å². The van der Waals surface area contributed by atoms with E-state index < -0.39 is 0 Å². The molecule has 0 aliphatic rings. The summed E-state index contributed by atoms with van der Waals surface area (Å²) in [6.45, 7) is 4.27. The van der Waals surface area contributed by atoms with Crippen LogP contribution in [0.5, 0.6) is 0 Å². The summed E-state index contributed by atoms with van der Waals surface area (Å²) < 4.78 is 5.13. The topological polar surface area (TPSA) is 26.3 Å². The number of rotatable bonds is 5. The molecule has 1 unspecified atom stereocenters. The van der Waals surface area contributed by atoms with Crippen molar-refractivity contribution in [2.24, 2.45) is 0 Å². The van der Waals surface area contributed by atoms with E-state index in [9.17, 15) is 4.79 Å². The van der Waals surface area contributed by atoms with Crippen LogP contribution in [0.3, 0.4) is 0 Å². The summed E-state index contributed by atoms with van der Waals surface area (Å²) in [5.41, 5.74) is 3.36. The summed E-state index contributed by atoms with van der Waals surface area (Å²) in [6.07, 6.45) is 0.753. The Bertz CT molecular complexity index is 543. The molecule has 0 amide bonds. The number of carbonyl (C=O) groups is 1. The van der Waals surface area contributed by atoms with Crippen molar-refractivity contribution in [1.29, 1.82) is 0 Å². The molecule has 0 aliphatic carbocycles. The first-order valence-electron chi connectivity index (χ1n) is 7.08.